The van der Waals surface area contributed by atoms with Gasteiger partial charge in [0.1, 0.15) is 0 Å². The van der Waals surface area contributed by atoms with Crippen LogP contribution >= 0.6 is 15.9 Å². The van der Waals surface area contributed by atoms with Crippen LogP contribution in [0.4, 0.5) is 0 Å². The standard InChI is InChI=1S/C17H21BrN2O4/c18-13-7-5-12(6-8-13)14(10-17(23)24)19-15(21)11-20-9-3-1-2-4-16(20)22/h5-8,14H,1-4,9-11H2,(H,19,21)(H,23,24). The van der Waals surface area contributed by atoms with E-state index >= 15 is 0 Å². The number of carbonyl (C=O) groups excluding carboxylic acids is 2. The number of carbonyl (C=O) groups is 3. The molecule has 2 rings (SSSR count). The Morgan fingerprint density at radius 3 is 2.58 bits per heavy atom. The molecular formula is C17H21BrN2O4. The summed E-state index contributed by atoms with van der Waals surface area (Å²) >= 11 is 3.33. The van der Waals surface area contributed by atoms with Crippen LogP contribution in [0.25, 0.3) is 0 Å². The summed E-state index contributed by atoms with van der Waals surface area (Å²) in [5.41, 5.74) is 0.719. The zero-order valence-corrected chi connectivity index (χ0v) is 14.9. The average molecular weight is 397 g/mol. The first kappa shape index (κ1) is 18.4. The van der Waals surface area contributed by atoms with Gasteiger partial charge in [-0.1, -0.05) is 34.5 Å². The molecule has 1 aromatic rings. The number of hydrogen-bond donors (Lipinski definition) is 2. The summed E-state index contributed by atoms with van der Waals surface area (Å²) in [4.78, 5) is 36.9. The first-order chi connectivity index (χ1) is 11.5. The van der Waals surface area contributed by atoms with Crippen molar-refractivity contribution in [1.29, 1.82) is 0 Å². The van der Waals surface area contributed by atoms with Gasteiger partial charge in [-0.3, -0.25) is 14.4 Å². The summed E-state index contributed by atoms with van der Waals surface area (Å²) in [5, 5.41) is 11.8. The number of likely N-dealkylation sites (tertiary alicyclic amines) is 1. The Balaban J connectivity index is 2.02. The van der Waals surface area contributed by atoms with Gasteiger partial charge in [0.2, 0.25) is 11.8 Å². The van der Waals surface area contributed by atoms with E-state index in [1.165, 1.54) is 0 Å². The molecule has 1 atom stereocenters. The monoisotopic (exact) mass is 396 g/mol. The molecule has 1 heterocycles. The minimum atomic E-state index is -0.992. The van der Waals surface area contributed by atoms with Crippen molar-refractivity contribution in [2.24, 2.45) is 0 Å². The van der Waals surface area contributed by atoms with E-state index in [9.17, 15) is 14.4 Å². The van der Waals surface area contributed by atoms with E-state index in [0.29, 0.717) is 13.0 Å². The summed E-state index contributed by atoms with van der Waals surface area (Å²) in [6.07, 6.45) is 3.01. The fourth-order valence-electron chi connectivity index (χ4n) is 2.74. The van der Waals surface area contributed by atoms with Gasteiger partial charge in [-0.05, 0) is 30.5 Å². The van der Waals surface area contributed by atoms with Crippen LogP contribution < -0.4 is 5.32 Å². The number of rotatable bonds is 6. The quantitative estimate of drug-likeness (QED) is 0.772. The number of hydrogen-bond acceptors (Lipinski definition) is 3. The maximum absolute atomic E-state index is 12.3. The molecule has 7 heteroatoms. The highest BCUT2D eigenvalue weighted by Crippen LogP contribution is 2.20. The summed E-state index contributed by atoms with van der Waals surface area (Å²) < 4.78 is 0.877. The van der Waals surface area contributed by atoms with Crippen molar-refractivity contribution >= 4 is 33.7 Å². The Hall–Kier alpha value is -1.89. The molecule has 0 aliphatic carbocycles. The van der Waals surface area contributed by atoms with Crippen molar-refractivity contribution in [3.05, 3.63) is 34.3 Å². The third-order valence-electron chi connectivity index (χ3n) is 3.99. The summed E-state index contributed by atoms with van der Waals surface area (Å²) in [7, 11) is 0. The lowest BCUT2D eigenvalue weighted by Crippen LogP contribution is -2.42. The maximum Gasteiger partial charge on any atom is 0.305 e. The molecule has 1 aromatic carbocycles. The van der Waals surface area contributed by atoms with Crippen molar-refractivity contribution in [2.75, 3.05) is 13.1 Å². The van der Waals surface area contributed by atoms with Gasteiger partial charge < -0.3 is 15.3 Å². The fourth-order valence-corrected chi connectivity index (χ4v) is 3.01. The smallest absolute Gasteiger partial charge is 0.305 e. The highest BCUT2D eigenvalue weighted by molar-refractivity contribution is 9.10. The molecule has 0 bridgehead atoms. The van der Waals surface area contributed by atoms with E-state index < -0.39 is 12.0 Å². The van der Waals surface area contributed by atoms with Gasteiger partial charge in [0.05, 0.1) is 19.0 Å². The zero-order valence-electron chi connectivity index (χ0n) is 13.3. The Kier molecular flexibility index (Phi) is 6.78. The van der Waals surface area contributed by atoms with Crippen LogP contribution in [-0.4, -0.2) is 40.9 Å². The Morgan fingerprint density at radius 1 is 1.21 bits per heavy atom. The normalized spacial score (nSPS) is 16.4. The molecule has 0 radical (unpaired) electrons. The Bertz CT molecular complexity index is 603. The van der Waals surface area contributed by atoms with Crippen molar-refractivity contribution < 1.29 is 19.5 Å². The van der Waals surface area contributed by atoms with E-state index in [1.54, 1.807) is 29.2 Å². The lowest BCUT2D eigenvalue weighted by Gasteiger charge is -2.23. The molecule has 1 saturated heterocycles. The minimum absolute atomic E-state index is 0.0129. The lowest BCUT2D eigenvalue weighted by molar-refractivity contribution is -0.139. The molecular weight excluding hydrogens is 376 g/mol. The van der Waals surface area contributed by atoms with Crippen LogP contribution in [0.15, 0.2) is 28.7 Å². The molecule has 0 aromatic heterocycles. The predicted molar refractivity (Wildman–Crippen MR) is 92.3 cm³/mol. The largest absolute Gasteiger partial charge is 0.481 e. The number of nitrogens with zero attached hydrogens (tertiary/aromatic N) is 1. The highest BCUT2D eigenvalue weighted by atomic mass is 79.9. The van der Waals surface area contributed by atoms with Crippen molar-refractivity contribution in [3.63, 3.8) is 0 Å². The molecule has 130 valence electrons. The van der Waals surface area contributed by atoms with E-state index in [1.807, 2.05) is 0 Å². The van der Waals surface area contributed by atoms with Crippen molar-refractivity contribution in [2.45, 2.75) is 38.1 Å². The molecule has 1 fully saturated rings. The van der Waals surface area contributed by atoms with Crippen LogP contribution in [0.5, 0.6) is 0 Å². The van der Waals surface area contributed by atoms with E-state index in [0.717, 1.165) is 29.3 Å². The Labute approximate surface area is 149 Å². The Morgan fingerprint density at radius 2 is 1.92 bits per heavy atom. The molecule has 1 aliphatic rings. The number of halogens is 1. The average Bonchev–Trinajstić information content (AvgIpc) is 2.72. The van der Waals surface area contributed by atoms with Crippen LogP contribution in [0.1, 0.15) is 43.7 Å². The minimum Gasteiger partial charge on any atom is -0.481 e. The fraction of sp³-hybridized carbons (Fsp3) is 0.471. The number of benzene rings is 1. The molecule has 1 aliphatic heterocycles. The molecule has 1 unspecified atom stereocenters. The number of aliphatic carboxylic acids is 1. The molecule has 6 nitrogen and oxygen atoms in total. The predicted octanol–water partition coefficient (Wildman–Crippen LogP) is 2.48. The second kappa shape index (κ2) is 8.82. The van der Waals surface area contributed by atoms with Crippen LogP contribution in [0.3, 0.4) is 0 Å². The van der Waals surface area contributed by atoms with Crippen LogP contribution in [0.2, 0.25) is 0 Å². The van der Waals surface area contributed by atoms with E-state index in [4.69, 9.17) is 5.11 Å². The second-order valence-corrected chi connectivity index (χ2v) is 6.81. The summed E-state index contributed by atoms with van der Waals surface area (Å²) in [6, 6.07) is 6.53. The zero-order chi connectivity index (χ0) is 17.5. The number of nitrogens with one attached hydrogen (secondary N) is 1. The maximum atomic E-state index is 12.3. The van der Waals surface area contributed by atoms with Gasteiger partial charge in [-0.15, -0.1) is 0 Å². The molecule has 0 spiro atoms. The molecule has 2 N–H and O–H groups in total. The summed E-state index contributed by atoms with van der Waals surface area (Å²) in [6.45, 7) is 0.555. The second-order valence-electron chi connectivity index (χ2n) is 5.90. The number of amides is 2. The van der Waals surface area contributed by atoms with Gasteiger partial charge in [0.25, 0.3) is 0 Å². The van der Waals surface area contributed by atoms with Crippen molar-refractivity contribution in [1.82, 2.24) is 10.2 Å². The van der Waals surface area contributed by atoms with Gasteiger partial charge in [-0.25, -0.2) is 0 Å². The lowest BCUT2D eigenvalue weighted by atomic mass is 10.0. The molecule has 2 amide bonds. The van der Waals surface area contributed by atoms with Crippen LogP contribution in [-0.2, 0) is 14.4 Å². The van der Waals surface area contributed by atoms with Gasteiger partial charge in [0, 0.05) is 17.4 Å². The van der Waals surface area contributed by atoms with E-state index in [2.05, 4.69) is 21.2 Å². The SMILES string of the molecule is O=C(O)CC(NC(=O)CN1CCCCCC1=O)c1ccc(Br)cc1. The third kappa shape index (κ3) is 5.63. The topological polar surface area (TPSA) is 86.7 Å². The molecule has 0 saturated carbocycles. The van der Waals surface area contributed by atoms with Gasteiger partial charge >= 0.3 is 5.97 Å². The highest BCUT2D eigenvalue weighted by Gasteiger charge is 2.22. The summed E-state index contributed by atoms with van der Waals surface area (Å²) in [5.74, 6) is -1.34. The van der Waals surface area contributed by atoms with Crippen molar-refractivity contribution in [3.8, 4) is 0 Å². The number of carboxylic acid groups (broad SMARTS) is 1. The van der Waals surface area contributed by atoms with Gasteiger partial charge in [-0.2, -0.15) is 0 Å². The third-order valence-corrected chi connectivity index (χ3v) is 4.52. The van der Waals surface area contributed by atoms with Gasteiger partial charge in [0.15, 0.2) is 0 Å². The van der Waals surface area contributed by atoms with Crippen LogP contribution in [0, 0.1) is 0 Å². The first-order valence-corrected chi connectivity index (χ1v) is 8.79. The van der Waals surface area contributed by atoms with E-state index in [-0.39, 0.29) is 24.8 Å². The molecule has 24 heavy (non-hydrogen) atoms. The number of carboxylic acids is 1. The first-order valence-electron chi connectivity index (χ1n) is 8.00.